The number of aromatic nitrogens is 5. The van der Waals surface area contributed by atoms with Gasteiger partial charge >= 0.3 is 6.18 Å². The quantitative estimate of drug-likeness (QED) is 0.349. The normalized spacial score (nSPS) is 16.5. The Bertz CT molecular complexity index is 1460. The first-order chi connectivity index (χ1) is 17.1. The summed E-state index contributed by atoms with van der Waals surface area (Å²) in [4.78, 5) is 24.4. The van der Waals surface area contributed by atoms with Gasteiger partial charge in [0.2, 0.25) is 5.95 Å². The molecule has 1 saturated heterocycles. The van der Waals surface area contributed by atoms with E-state index in [0.717, 1.165) is 17.3 Å². The molecule has 36 heavy (non-hydrogen) atoms. The topological polar surface area (TPSA) is 76.9 Å². The Hall–Kier alpha value is -3.37. The molecule has 186 valence electrons. The third-order valence-electron chi connectivity index (χ3n) is 6.11. The SMILES string of the molecule is Cc1cc([C@@H]2CN(c3nc(-c4ccc(Cl)cc4C(F)(F)F)c4nc(C)c(C)nc4n3)CCO2)ccn1. The number of hydrogen-bond acceptors (Lipinski definition) is 7. The van der Waals surface area contributed by atoms with E-state index in [1.54, 1.807) is 20.0 Å². The summed E-state index contributed by atoms with van der Waals surface area (Å²) in [6.07, 6.45) is -3.19. The number of halogens is 4. The molecular formula is C25H22ClF3N6O. The molecule has 0 amide bonds. The number of pyridine rings is 1. The van der Waals surface area contributed by atoms with Crippen LogP contribution in [0.4, 0.5) is 19.1 Å². The lowest BCUT2D eigenvalue weighted by atomic mass is 10.0. The molecule has 11 heteroatoms. The number of alkyl halides is 3. The van der Waals surface area contributed by atoms with Gasteiger partial charge in [0, 0.05) is 29.0 Å². The van der Waals surface area contributed by atoms with E-state index >= 15 is 0 Å². The molecule has 0 bridgehead atoms. The summed E-state index contributed by atoms with van der Waals surface area (Å²) in [5, 5.41) is -0.0218. The van der Waals surface area contributed by atoms with Gasteiger partial charge in [-0.3, -0.25) is 4.98 Å². The van der Waals surface area contributed by atoms with Gasteiger partial charge in [0.25, 0.3) is 0 Å². The molecule has 1 aliphatic rings. The summed E-state index contributed by atoms with van der Waals surface area (Å²) in [5.74, 6) is 0.261. The first-order valence-electron chi connectivity index (χ1n) is 11.3. The summed E-state index contributed by atoms with van der Waals surface area (Å²) in [7, 11) is 0. The van der Waals surface area contributed by atoms with Crippen LogP contribution in [0.1, 0.15) is 34.3 Å². The zero-order valence-corrected chi connectivity index (χ0v) is 20.5. The number of aryl methyl sites for hydroxylation is 3. The minimum atomic E-state index is -4.64. The van der Waals surface area contributed by atoms with Crippen LogP contribution in [0.15, 0.2) is 36.5 Å². The summed E-state index contributed by atoms with van der Waals surface area (Å²) in [5.41, 5.74) is 2.49. The molecule has 1 aliphatic heterocycles. The molecule has 1 aromatic carbocycles. The van der Waals surface area contributed by atoms with Crippen molar-refractivity contribution in [2.45, 2.75) is 33.1 Å². The fourth-order valence-electron chi connectivity index (χ4n) is 4.19. The van der Waals surface area contributed by atoms with Crippen LogP contribution in [0.2, 0.25) is 5.02 Å². The first-order valence-corrected chi connectivity index (χ1v) is 11.7. The lowest BCUT2D eigenvalue weighted by molar-refractivity contribution is -0.137. The lowest BCUT2D eigenvalue weighted by Gasteiger charge is -2.33. The van der Waals surface area contributed by atoms with Crippen LogP contribution in [0.3, 0.4) is 0 Å². The van der Waals surface area contributed by atoms with Crippen molar-refractivity contribution in [3.05, 3.63) is 69.8 Å². The Kier molecular flexibility index (Phi) is 6.25. The number of fused-ring (bicyclic) bond motifs is 1. The molecule has 4 aromatic rings. The van der Waals surface area contributed by atoms with Crippen molar-refractivity contribution in [1.29, 1.82) is 0 Å². The Balaban J connectivity index is 1.66. The van der Waals surface area contributed by atoms with E-state index in [9.17, 15) is 13.2 Å². The molecule has 1 fully saturated rings. The third kappa shape index (κ3) is 4.70. The van der Waals surface area contributed by atoms with Crippen molar-refractivity contribution in [3.8, 4) is 11.3 Å². The smallest absolute Gasteiger partial charge is 0.370 e. The average molecular weight is 515 g/mol. The molecule has 0 saturated carbocycles. The summed E-state index contributed by atoms with van der Waals surface area (Å²) >= 11 is 5.93. The fourth-order valence-corrected chi connectivity index (χ4v) is 4.36. The predicted octanol–water partition coefficient (Wildman–Crippen LogP) is 5.66. The van der Waals surface area contributed by atoms with Gasteiger partial charge in [-0.1, -0.05) is 17.7 Å². The fraction of sp³-hybridized carbons (Fsp3) is 0.320. The molecule has 5 rings (SSSR count). The maximum atomic E-state index is 14.0. The standard InChI is InChI=1S/C25H22ClF3N6O/c1-13-10-16(6-7-30-13)20-12-35(8-9-36-20)24-33-21(22-23(34-24)32-15(3)14(2)31-22)18-5-4-17(26)11-19(18)25(27,28)29/h4-7,10-11,20H,8-9,12H2,1-3H3/t20-/m0/s1. The molecule has 0 spiro atoms. The number of anilines is 1. The molecule has 0 unspecified atom stereocenters. The van der Waals surface area contributed by atoms with Crippen molar-refractivity contribution >= 4 is 28.7 Å². The Morgan fingerprint density at radius 2 is 1.78 bits per heavy atom. The number of nitrogens with zero attached hydrogens (tertiary/aromatic N) is 6. The zero-order valence-electron chi connectivity index (χ0n) is 19.8. The number of benzene rings is 1. The van der Waals surface area contributed by atoms with E-state index in [4.69, 9.17) is 16.3 Å². The minimum Gasteiger partial charge on any atom is -0.370 e. The van der Waals surface area contributed by atoms with Gasteiger partial charge in [0.05, 0.1) is 30.1 Å². The lowest BCUT2D eigenvalue weighted by Crippen LogP contribution is -2.39. The van der Waals surface area contributed by atoms with Gasteiger partial charge in [-0.25, -0.2) is 15.0 Å². The summed E-state index contributed by atoms with van der Waals surface area (Å²) in [6.45, 7) is 6.71. The first kappa shape index (κ1) is 24.3. The maximum absolute atomic E-state index is 14.0. The van der Waals surface area contributed by atoms with Crippen molar-refractivity contribution in [2.24, 2.45) is 0 Å². The molecule has 7 nitrogen and oxygen atoms in total. The Labute approximate surface area is 210 Å². The highest BCUT2D eigenvalue weighted by Gasteiger charge is 2.35. The largest absolute Gasteiger partial charge is 0.417 e. The van der Waals surface area contributed by atoms with E-state index in [0.29, 0.717) is 31.1 Å². The van der Waals surface area contributed by atoms with E-state index in [2.05, 4.69) is 24.9 Å². The zero-order chi connectivity index (χ0) is 25.6. The van der Waals surface area contributed by atoms with Crippen LogP contribution >= 0.6 is 11.6 Å². The van der Waals surface area contributed by atoms with Gasteiger partial charge in [0.15, 0.2) is 5.65 Å². The summed E-state index contributed by atoms with van der Waals surface area (Å²) in [6, 6.07) is 7.45. The van der Waals surface area contributed by atoms with E-state index in [1.807, 2.05) is 24.0 Å². The monoisotopic (exact) mass is 514 g/mol. The number of ether oxygens (including phenoxy) is 1. The van der Waals surface area contributed by atoms with Crippen molar-refractivity contribution in [2.75, 3.05) is 24.6 Å². The van der Waals surface area contributed by atoms with Crippen molar-refractivity contribution < 1.29 is 17.9 Å². The molecular weight excluding hydrogens is 493 g/mol. The van der Waals surface area contributed by atoms with Crippen molar-refractivity contribution in [1.82, 2.24) is 24.9 Å². The molecule has 4 heterocycles. The van der Waals surface area contributed by atoms with Crippen LogP contribution in [-0.2, 0) is 10.9 Å². The second-order valence-corrected chi connectivity index (χ2v) is 9.10. The van der Waals surface area contributed by atoms with Gasteiger partial charge in [0.1, 0.15) is 17.3 Å². The predicted molar refractivity (Wildman–Crippen MR) is 130 cm³/mol. The van der Waals surface area contributed by atoms with Gasteiger partial charge < -0.3 is 9.64 Å². The number of hydrogen-bond donors (Lipinski definition) is 0. The Morgan fingerprint density at radius 3 is 2.53 bits per heavy atom. The summed E-state index contributed by atoms with van der Waals surface area (Å²) < 4.78 is 48.0. The average Bonchev–Trinajstić information content (AvgIpc) is 2.84. The van der Waals surface area contributed by atoms with Crippen LogP contribution in [-0.4, -0.2) is 44.6 Å². The second kappa shape index (κ2) is 9.25. The van der Waals surface area contributed by atoms with Crippen LogP contribution < -0.4 is 4.90 Å². The van der Waals surface area contributed by atoms with Gasteiger partial charge in [-0.2, -0.15) is 18.2 Å². The number of morpholine rings is 1. The maximum Gasteiger partial charge on any atom is 0.417 e. The van der Waals surface area contributed by atoms with Gasteiger partial charge in [-0.15, -0.1) is 0 Å². The highest BCUT2D eigenvalue weighted by atomic mass is 35.5. The van der Waals surface area contributed by atoms with Crippen LogP contribution in [0.5, 0.6) is 0 Å². The van der Waals surface area contributed by atoms with Crippen molar-refractivity contribution in [3.63, 3.8) is 0 Å². The molecule has 0 aliphatic carbocycles. The van der Waals surface area contributed by atoms with Gasteiger partial charge in [-0.05, 0) is 50.6 Å². The molecule has 0 radical (unpaired) electrons. The number of rotatable bonds is 3. The van der Waals surface area contributed by atoms with E-state index in [1.165, 1.54) is 12.1 Å². The molecule has 0 N–H and O–H groups in total. The third-order valence-corrected chi connectivity index (χ3v) is 6.35. The molecule has 3 aromatic heterocycles. The highest BCUT2D eigenvalue weighted by molar-refractivity contribution is 6.30. The minimum absolute atomic E-state index is 0.0218. The second-order valence-electron chi connectivity index (χ2n) is 8.66. The molecule has 1 atom stereocenters. The van der Waals surface area contributed by atoms with Crippen LogP contribution in [0, 0.1) is 20.8 Å². The Morgan fingerprint density at radius 1 is 1.00 bits per heavy atom. The van der Waals surface area contributed by atoms with E-state index < -0.39 is 11.7 Å². The van der Waals surface area contributed by atoms with E-state index in [-0.39, 0.29) is 39.5 Å². The highest BCUT2D eigenvalue weighted by Crippen LogP contribution is 2.40. The van der Waals surface area contributed by atoms with Crippen LogP contribution in [0.25, 0.3) is 22.4 Å².